The van der Waals surface area contributed by atoms with Gasteiger partial charge in [-0.05, 0) is 74.1 Å². The second kappa shape index (κ2) is 23.9. The van der Waals surface area contributed by atoms with Crippen LogP contribution in [0.2, 0.25) is 10.0 Å². The van der Waals surface area contributed by atoms with Gasteiger partial charge >= 0.3 is 5.97 Å². The average Bonchev–Trinajstić information content (AvgIpc) is 3.22. The number of aliphatic carboxylic acids is 1. The summed E-state index contributed by atoms with van der Waals surface area (Å²) < 4.78 is 0. The third kappa shape index (κ3) is 15.5. The molecule has 19 heteroatoms. The third-order valence-electron chi connectivity index (χ3n) is 9.94. The number of aromatic nitrogens is 4. The molecule has 332 valence electrons. The van der Waals surface area contributed by atoms with Gasteiger partial charge in [0.25, 0.3) is 11.8 Å². The number of nitrogens with one attached hydrogen (secondary N) is 3. The molecule has 0 aliphatic rings. The Balaban J connectivity index is 1.10. The number of benzene rings is 2. The van der Waals surface area contributed by atoms with E-state index < -0.39 is 29.7 Å². The van der Waals surface area contributed by atoms with Crippen LogP contribution in [0.15, 0.2) is 48.7 Å². The molecule has 0 radical (unpaired) electrons. The first-order chi connectivity index (χ1) is 29.5. The van der Waals surface area contributed by atoms with Crippen molar-refractivity contribution in [2.75, 3.05) is 36.5 Å². The van der Waals surface area contributed by atoms with Crippen molar-refractivity contribution in [1.82, 2.24) is 35.9 Å². The van der Waals surface area contributed by atoms with Crippen LogP contribution in [-0.2, 0) is 25.7 Å². The molecular formula is C43H54Cl2N10O7. The molecule has 0 saturated carbocycles. The summed E-state index contributed by atoms with van der Waals surface area (Å²) in [4.78, 5) is 94.3. The number of carbonyl (C=O) groups is 6. The number of carbonyl (C=O) groups excluding carboxylic acids is 5. The molecule has 4 aromatic rings. The van der Waals surface area contributed by atoms with Crippen LogP contribution in [0.5, 0.6) is 0 Å². The molecule has 0 fully saturated rings. The minimum absolute atomic E-state index is 0.00545. The van der Waals surface area contributed by atoms with Gasteiger partial charge in [-0.2, -0.15) is 9.97 Å². The Labute approximate surface area is 370 Å². The highest BCUT2D eigenvalue weighted by atomic mass is 35.5. The summed E-state index contributed by atoms with van der Waals surface area (Å²) in [5.41, 5.74) is 14.0. The van der Waals surface area contributed by atoms with Crippen LogP contribution in [0.25, 0.3) is 11.2 Å². The number of halogens is 2. The van der Waals surface area contributed by atoms with Gasteiger partial charge in [0.15, 0.2) is 22.8 Å². The number of Topliss-reactive ketones (excluding diaryl/α,β-unsaturated/α-hetero) is 2. The second-order valence-electron chi connectivity index (χ2n) is 15.5. The van der Waals surface area contributed by atoms with E-state index in [1.165, 1.54) is 12.1 Å². The van der Waals surface area contributed by atoms with E-state index in [9.17, 15) is 33.9 Å². The molecular weight excluding hydrogens is 839 g/mol. The Morgan fingerprint density at radius 2 is 1.55 bits per heavy atom. The number of nitrogen functional groups attached to an aromatic ring is 2. The van der Waals surface area contributed by atoms with Gasteiger partial charge in [0.1, 0.15) is 11.8 Å². The van der Waals surface area contributed by atoms with Crippen LogP contribution < -0.4 is 32.3 Å². The van der Waals surface area contributed by atoms with Gasteiger partial charge in [0.2, 0.25) is 11.9 Å². The Kier molecular flexibility index (Phi) is 18.8. The summed E-state index contributed by atoms with van der Waals surface area (Å²) in [6.07, 6.45) is 6.15. The first-order valence-corrected chi connectivity index (χ1v) is 21.2. The third-order valence-corrected chi connectivity index (χ3v) is 10.5. The van der Waals surface area contributed by atoms with Crippen molar-refractivity contribution in [2.24, 2.45) is 11.8 Å². The van der Waals surface area contributed by atoms with Crippen molar-refractivity contribution in [1.29, 1.82) is 0 Å². The predicted octanol–water partition coefficient (Wildman–Crippen LogP) is 5.57. The Morgan fingerprint density at radius 1 is 0.839 bits per heavy atom. The topological polar surface area (TPSA) is 266 Å². The number of hydrogen-bond acceptors (Lipinski definition) is 13. The number of nitrogens with zero attached hydrogens (tertiary/aromatic N) is 5. The van der Waals surface area contributed by atoms with Crippen molar-refractivity contribution in [3.05, 3.63) is 75.5 Å². The summed E-state index contributed by atoms with van der Waals surface area (Å²) in [6, 6.07) is 9.85. The molecule has 8 N–H and O–H groups in total. The number of hydrogen-bond donors (Lipinski definition) is 6. The lowest BCUT2D eigenvalue weighted by Crippen LogP contribution is -2.41. The van der Waals surface area contributed by atoms with Crippen LogP contribution in [0, 0.1) is 11.8 Å². The molecule has 3 amide bonds. The number of anilines is 3. The van der Waals surface area contributed by atoms with Crippen molar-refractivity contribution in [2.45, 2.75) is 90.6 Å². The molecule has 0 bridgehead atoms. The lowest BCUT2D eigenvalue weighted by molar-refractivity contribution is -0.139. The fourth-order valence-electron chi connectivity index (χ4n) is 6.67. The van der Waals surface area contributed by atoms with E-state index in [1.807, 2.05) is 25.8 Å². The monoisotopic (exact) mass is 892 g/mol. The van der Waals surface area contributed by atoms with E-state index in [4.69, 9.17) is 34.7 Å². The van der Waals surface area contributed by atoms with E-state index >= 15 is 0 Å². The van der Waals surface area contributed by atoms with Gasteiger partial charge in [-0.1, -0.05) is 56.3 Å². The van der Waals surface area contributed by atoms with Crippen molar-refractivity contribution in [3.63, 3.8) is 0 Å². The molecule has 0 aliphatic heterocycles. The average molecular weight is 894 g/mol. The minimum atomic E-state index is -1.24. The van der Waals surface area contributed by atoms with Crippen LogP contribution in [0.1, 0.15) is 104 Å². The van der Waals surface area contributed by atoms with Crippen molar-refractivity contribution >= 4 is 87.1 Å². The number of ketones is 2. The van der Waals surface area contributed by atoms with E-state index in [0.717, 1.165) is 31.4 Å². The molecule has 2 heterocycles. The highest BCUT2D eigenvalue weighted by Crippen LogP contribution is 2.22. The van der Waals surface area contributed by atoms with E-state index in [1.54, 1.807) is 36.5 Å². The van der Waals surface area contributed by atoms with Gasteiger partial charge < -0.3 is 37.4 Å². The highest BCUT2D eigenvalue weighted by molar-refractivity contribution is 6.35. The molecule has 62 heavy (non-hydrogen) atoms. The van der Waals surface area contributed by atoms with Gasteiger partial charge in [-0.15, -0.1) is 0 Å². The molecule has 2 atom stereocenters. The van der Waals surface area contributed by atoms with Crippen LogP contribution in [0.3, 0.4) is 0 Å². The maximum atomic E-state index is 13.0. The van der Waals surface area contributed by atoms with Gasteiger partial charge in [0.05, 0.1) is 35.6 Å². The normalized spacial score (nSPS) is 12.1. The van der Waals surface area contributed by atoms with Gasteiger partial charge in [0, 0.05) is 55.0 Å². The largest absolute Gasteiger partial charge is 0.480 e. The van der Waals surface area contributed by atoms with Crippen LogP contribution in [0.4, 0.5) is 17.5 Å². The standard InChI is InChI=1S/C43H54Cl2N10O7/c1-25(2)19-27(20-32(57)23-50-41(60)33-21-28(44)12-16-34(33)45)39(58)48-18-8-6-4-5-7-9-31(56)15-17-35(42(61)62)52-40(59)26-10-13-30(14-11-26)55(3)24-29-22-49-38-36(51-29)37(46)53-43(47)54-38/h10-14,16,21-22,25,27,35H,4-9,15,17-20,23-24H2,1-3H3,(H,48,58)(H,50,60)(H,52,59)(H,61,62)(H4,46,47,49,53,54)/t27-,35+/m1/s1. The first-order valence-electron chi connectivity index (χ1n) is 20.4. The number of carboxylic acids is 1. The van der Waals surface area contributed by atoms with Crippen LogP contribution in [-0.4, -0.2) is 86.5 Å². The molecule has 2 aromatic heterocycles. The van der Waals surface area contributed by atoms with Crippen LogP contribution >= 0.6 is 23.2 Å². The maximum Gasteiger partial charge on any atom is 0.326 e. The van der Waals surface area contributed by atoms with E-state index in [0.29, 0.717) is 48.6 Å². The fraction of sp³-hybridized carbons (Fsp3) is 0.442. The first kappa shape index (κ1) is 48.7. The zero-order valence-electron chi connectivity index (χ0n) is 35.1. The Morgan fingerprint density at radius 3 is 2.26 bits per heavy atom. The number of fused-ring (bicyclic) bond motifs is 1. The number of carboxylic acid groups (broad SMARTS) is 1. The fourth-order valence-corrected chi connectivity index (χ4v) is 7.04. The Hall–Kier alpha value is -5.94. The quantitative estimate of drug-likeness (QED) is 0.0445. The zero-order chi connectivity index (χ0) is 45.3. The maximum absolute atomic E-state index is 13.0. The molecule has 4 rings (SSSR count). The smallest absolute Gasteiger partial charge is 0.326 e. The van der Waals surface area contributed by atoms with Gasteiger partial charge in [-0.3, -0.25) is 24.0 Å². The summed E-state index contributed by atoms with van der Waals surface area (Å²) in [7, 11) is 1.83. The highest BCUT2D eigenvalue weighted by Gasteiger charge is 2.24. The summed E-state index contributed by atoms with van der Waals surface area (Å²) in [6.45, 7) is 4.51. The summed E-state index contributed by atoms with van der Waals surface area (Å²) in [5.74, 6) is -3.12. The number of unbranched alkanes of at least 4 members (excludes halogenated alkanes) is 4. The second-order valence-corrected chi connectivity index (χ2v) is 16.4. The summed E-state index contributed by atoms with van der Waals surface area (Å²) >= 11 is 12.0. The molecule has 17 nitrogen and oxygen atoms in total. The Bertz CT molecular complexity index is 2230. The molecule has 2 aromatic carbocycles. The van der Waals surface area contributed by atoms with Crippen molar-refractivity contribution in [3.8, 4) is 0 Å². The van der Waals surface area contributed by atoms with E-state index in [2.05, 4.69) is 35.9 Å². The lowest BCUT2D eigenvalue weighted by Gasteiger charge is -2.19. The predicted molar refractivity (Wildman–Crippen MR) is 238 cm³/mol. The molecule has 0 aliphatic carbocycles. The van der Waals surface area contributed by atoms with E-state index in [-0.39, 0.29) is 82.8 Å². The van der Waals surface area contributed by atoms with Crippen molar-refractivity contribution < 1.29 is 33.9 Å². The van der Waals surface area contributed by atoms with Gasteiger partial charge in [-0.25, -0.2) is 14.8 Å². The summed E-state index contributed by atoms with van der Waals surface area (Å²) in [5, 5.41) is 18.3. The molecule has 0 saturated heterocycles. The minimum Gasteiger partial charge on any atom is -0.480 e. The number of amides is 3. The number of nitrogens with two attached hydrogens (primary N) is 2. The SMILES string of the molecule is CC(C)C[C@H](CC(=O)CNC(=O)c1cc(Cl)ccc1Cl)C(=O)NCCCCCCCC(=O)CC[C@H](NC(=O)c1ccc(N(C)Cc2cnc3nc(N)nc(N)c3n2)cc1)C(=O)O. The number of rotatable bonds is 25. The molecule has 0 unspecified atom stereocenters. The zero-order valence-corrected chi connectivity index (χ0v) is 36.6. The lowest BCUT2D eigenvalue weighted by atomic mass is 9.91. The molecule has 0 spiro atoms.